The average Bonchev–Trinajstić information content (AvgIpc) is 2.75. The van der Waals surface area contributed by atoms with Gasteiger partial charge in [0.25, 0.3) is 0 Å². The fourth-order valence-corrected chi connectivity index (χ4v) is 4.56. The Morgan fingerprint density at radius 2 is 1.71 bits per heavy atom. The summed E-state index contributed by atoms with van der Waals surface area (Å²) in [7, 11) is 2.68. The molecular formula is C17H20O4. The van der Waals surface area contributed by atoms with Gasteiger partial charge in [0.2, 0.25) is 0 Å². The van der Waals surface area contributed by atoms with Gasteiger partial charge in [0.15, 0.2) is 5.41 Å². The molecule has 0 aliphatic heterocycles. The molecule has 112 valence electrons. The van der Waals surface area contributed by atoms with Crippen LogP contribution >= 0.6 is 0 Å². The quantitative estimate of drug-likeness (QED) is 0.618. The summed E-state index contributed by atoms with van der Waals surface area (Å²) in [6.45, 7) is 2.00. The fourth-order valence-electron chi connectivity index (χ4n) is 4.56. The first-order valence-electron chi connectivity index (χ1n) is 7.25. The predicted molar refractivity (Wildman–Crippen MR) is 76.7 cm³/mol. The molecule has 0 saturated heterocycles. The maximum atomic E-state index is 12.6. The van der Waals surface area contributed by atoms with Gasteiger partial charge in [-0.15, -0.1) is 0 Å². The van der Waals surface area contributed by atoms with Gasteiger partial charge < -0.3 is 9.47 Å². The molecule has 0 N–H and O–H groups in total. The molecule has 0 spiro atoms. The molecule has 4 nitrogen and oxygen atoms in total. The van der Waals surface area contributed by atoms with E-state index in [4.69, 9.17) is 9.47 Å². The number of hydrogen-bond donors (Lipinski definition) is 0. The van der Waals surface area contributed by atoms with Gasteiger partial charge in [-0.3, -0.25) is 9.59 Å². The summed E-state index contributed by atoms with van der Waals surface area (Å²) < 4.78 is 10.0. The molecule has 0 radical (unpaired) electrons. The van der Waals surface area contributed by atoms with E-state index in [0.717, 1.165) is 18.4 Å². The van der Waals surface area contributed by atoms with Crippen molar-refractivity contribution < 1.29 is 19.1 Å². The van der Waals surface area contributed by atoms with E-state index in [1.54, 1.807) is 0 Å². The first-order chi connectivity index (χ1) is 9.99. The van der Waals surface area contributed by atoms with Crippen LogP contribution in [0.3, 0.4) is 0 Å². The predicted octanol–water partition coefficient (Wildman–Crippen LogP) is 2.24. The number of ether oxygens (including phenoxy) is 2. The second-order valence-electron chi connectivity index (χ2n) is 6.36. The van der Waals surface area contributed by atoms with Crippen molar-refractivity contribution in [1.29, 1.82) is 0 Å². The van der Waals surface area contributed by atoms with Crippen molar-refractivity contribution in [3.05, 3.63) is 35.4 Å². The molecule has 1 saturated carbocycles. The van der Waals surface area contributed by atoms with Gasteiger partial charge in [-0.2, -0.15) is 0 Å². The molecular weight excluding hydrogens is 268 g/mol. The van der Waals surface area contributed by atoms with Crippen molar-refractivity contribution in [2.75, 3.05) is 14.2 Å². The van der Waals surface area contributed by atoms with Crippen LogP contribution in [0.1, 0.15) is 30.9 Å². The molecule has 0 heterocycles. The summed E-state index contributed by atoms with van der Waals surface area (Å²) in [6, 6.07) is 8.08. The molecule has 1 aromatic rings. The van der Waals surface area contributed by atoms with Crippen molar-refractivity contribution in [1.82, 2.24) is 0 Å². The SMILES string of the molecule is COC(=O)C1(C(=O)OC)C[C@H]2Cc3ccccc3[C@]1(C)C2. The van der Waals surface area contributed by atoms with Gasteiger partial charge in [0.1, 0.15) is 0 Å². The molecule has 2 aliphatic carbocycles. The summed E-state index contributed by atoms with van der Waals surface area (Å²) >= 11 is 0. The normalized spacial score (nSPS) is 28.6. The van der Waals surface area contributed by atoms with Crippen molar-refractivity contribution in [2.24, 2.45) is 11.3 Å². The zero-order chi connectivity index (χ0) is 15.3. The lowest BCUT2D eigenvalue weighted by molar-refractivity contribution is -0.173. The van der Waals surface area contributed by atoms with Crippen LogP contribution in [0.4, 0.5) is 0 Å². The fraction of sp³-hybridized carbons (Fsp3) is 0.529. The highest BCUT2D eigenvalue weighted by Crippen LogP contribution is 2.61. The number of methoxy groups -OCH3 is 2. The molecule has 0 unspecified atom stereocenters. The zero-order valence-corrected chi connectivity index (χ0v) is 12.6. The summed E-state index contributed by atoms with van der Waals surface area (Å²) in [6.07, 6.45) is 2.22. The second-order valence-corrected chi connectivity index (χ2v) is 6.36. The van der Waals surface area contributed by atoms with Crippen molar-refractivity contribution >= 4 is 11.9 Å². The van der Waals surface area contributed by atoms with E-state index in [0.29, 0.717) is 12.3 Å². The van der Waals surface area contributed by atoms with Crippen molar-refractivity contribution in [3.63, 3.8) is 0 Å². The van der Waals surface area contributed by atoms with Crippen LogP contribution in [0.25, 0.3) is 0 Å². The Morgan fingerprint density at radius 1 is 1.10 bits per heavy atom. The molecule has 2 aliphatic rings. The van der Waals surface area contributed by atoms with Crippen LogP contribution < -0.4 is 0 Å². The molecule has 3 rings (SSSR count). The average molecular weight is 288 g/mol. The first-order valence-corrected chi connectivity index (χ1v) is 7.25. The minimum absolute atomic E-state index is 0.308. The Morgan fingerprint density at radius 3 is 2.33 bits per heavy atom. The summed E-state index contributed by atoms with van der Waals surface area (Å²) in [5, 5.41) is 0. The van der Waals surface area contributed by atoms with Gasteiger partial charge in [0, 0.05) is 5.41 Å². The standard InChI is InChI=1S/C17H20O4/c1-16-9-11(8-12-6-4-5-7-13(12)16)10-17(16,14(18)20-2)15(19)21-3/h4-7,11H,8-10H2,1-3H3/t11-,16-/m0/s1. The smallest absolute Gasteiger partial charge is 0.324 e. The highest BCUT2D eigenvalue weighted by atomic mass is 16.5. The van der Waals surface area contributed by atoms with E-state index < -0.39 is 22.8 Å². The van der Waals surface area contributed by atoms with Crippen LogP contribution in [0.15, 0.2) is 24.3 Å². The van der Waals surface area contributed by atoms with Gasteiger partial charge in [-0.25, -0.2) is 0 Å². The number of carbonyl (C=O) groups is 2. The van der Waals surface area contributed by atoms with E-state index in [2.05, 4.69) is 6.07 Å². The monoisotopic (exact) mass is 288 g/mol. The Bertz CT molecular complexity index is 591. The van der Waals surface area contributed by atoms with E-state index in [9.17, 15) is 9.59 Å². The Labute approximate surface area is 124 Å². The van der Waals surface area contributed by atoms with Gasteiger partial charge in [0.05, 0.1) is 14.2 Å². The van der Waals surface area contributed by atoms with Gasteiger partial charge in [-0.1, -0.05) is 31.2 Å². The minimum Gasteiger partial charge on any atom is -0.468 e. The van der Waals surface area contributed by atoms with E-state index >= 15 is 0 Å². The van der Waals surface area contributed by atoms with E-state index in [-0.39, 0.29) is 0 Å². The third kappa shape index (κ3) is 1.62. The molecule has 1 aromatic carbocycles. The van der Waals surface area contributed by atoms with Crippen LogP contribution in [0, 0.1) is 11.3 Å². The largest absolute Gasteiger partial charge is 0.468 e. The van der Waals surface area contributed by atoms with Crippen molar-refractivity contribution in [2.45, 2.75) is 31.6 Å². The maximum Gasteiger partial charge on any atom is 0.324 e. The highest BCUT2D eigenvalue weighted by molar-refractivity contribution is 6.02. The van der Waals surface area contributed by atoms with E-state index in [1.165, 1.54) is 19.8 Å². The van der Waals surface area contributed by atoms with Gasteiger partial charge in [-0.05, 0) is 36.3 Å². The lowest BCUT2D eigenvalue weighted by Crippen LogP contribution is -2.52. The number of benzene rings is 1. The minimum atomic E-state index is -1.23. The number of carbonyl (C=O) groups excluding carboxylic acids is 2. The molecule has 4 heteroatoms. The van der Waals surface area contributed by atoms with Crippen LogP contribution in [-0.4, -0.2) is 26.2 Å². The highest BCUT2D eigenvalue weighted by Gasteiger charge is 2.68. The number of fused-ring (bicyclic) bond motifs is 4. The number of esters is 2. The molecule has 0 aromatic heterocycles. The lowest BCUT2D eigenvalue weighted by Gasteiger charge is -2.41. The van der Waals surface area contributed by atoms with E-state index in [1.807, 2.05) is 25.1 Å². The lowest BCUT2D eigenvalue weighted by atomic mass is 9.61. The first kappa shape index (κ1) is 14.1. The van der Waals surface area contributed by atoms with Crippen LogP contribution in [-0.2, 0) is 30.9 Å². The van der Waals surface area contributed by atoms with Crippen LogP contribution in [0.2, 0.25) is 0 Å². The van der Waals surface area contributed by atoms with Crippen LogP contribution in [0.5, 0.6) is 0 Å². The van der Waals surface area contributed by atoms with Gasteiger partial charge >= 0.3 is 11.9 Å². The summed E-state index contributed by atoms with van der Waals surface area (Å²) in [4.78, 5) is 25.1. The topological polar surface area (TPSA) is 52.6 Å². The zero-order valence-electron chi connectivity index (χ0n) is 12.6. The molecule has 21 heavy (non-hydrogen) atoms. The third-order valence-corrected chi connectivity index (χ3v) is 5.42. The molecule has 0 amide bonds. The third-order valence-electron chi connectivity index (χ3n) is 5.42. The molecule has 2 atom stereocenters. The Hall–Kier alpha value is -1.84. The maximum absolute atomic E-state index is 12.6. The number of rotatable bonds is 2. The molecule has 1 fully saturated rings. The Balaban J connectivity index is 2.24. The number of hydrogen-bond acceptors (Lipinski definition) is 4. The summed E-state index contributed by atoms with van der Waals surface area (Å²) in [5.41, 5.74) is 0.515. The summed E-state index contributed by atoms with van der Waals surface area (Å²) in [5.74, 6) is -0.643. The van der Waals surface area contributed by atoms with Crippen molar-refractivity contribution in [3.8, 4) is 0 Å². The Kier molecular flexibility index (Phi) is 3.08. The second kappa shape index (κ2) is 4.58. The molecule has 2 bridgehead atoms.